The van der Waals surface area contributed by atoms with Crippen molar-refractivity contribution in [2.45, 2.75) is 78.0 Å². The molecule has 1 atom stereocenters. The SMILES string of the molecule is CC(C)OC(=O)[C@@H](Cc1ccc(N2CCCCC2)nc1)NC(=O)OC(C)(C)C. The fourth-order valence-electron chi connectivity index (χ4n) is 3.04. The van der Waals surface area contributed by atoms with Gasteiger partial charge < -0.3 is 19.7 Å². The molecule has 28 heavy (non-hydrogen) atoms. The van der Waals surface area contributed by atoms with Gasteiger partial charge in [0.1, 0.15) is 17.5 Å². The van der Waals surface area contributed by atoms with Crippen molar-refractivity contribution < 1.29 is 19.1 Å². The fourth-order valence-corrected chi connectivity index (χ4v) is 3.04. The molecule has 0 spiro atoms. The Hall–Kier alpha value is -2.31. The Morgan fingerprint density at radius 1 is 1.18 bits per heavy atom. The highest BCUT2D eigenvalue weighted by atomic mass is 16.6. The minimum atomic E-state index is -0.833. The van der Waals surface area contributed by atoms with Crippen LogP contribution in [0, 0.1) is 0 Å². The maximum absolute atomic E-state index is 12.5. The quantitative estimate of drug-likeness (QED) is 0.748. The Kier molecular flexibility index (Phi) is 7.66. The van der Waals surface area contributed by atoms with Gasteiger partial charge in [-0.2, -0.15) is 0 Å². The van der Waals surface area contributed by atoms with Crippen molar-refractivity contribution in [1.29, 1.82) is 0 Å². The lowest BCUT2D eigenvalue weighted by Gasteiger charge is -2.28. The van der Waals surface area contributed by atoms with Gasteiger partial charge in [0.2, 0.25) is 0 Å². The first-order valence-corrected chi connectivity index (χ1v) is 10.0. The van der Waals surface area contributed by atoms with Crippen LogP contribution in [0.1, 0.15) is 59.4 Å². The summed E-state index contributed by atoms with van der Waals surface area (Å²) in [6.45, 7) is 10.9. The fraction of sp³-hybridized carbons (Fsp3) is 0.667. The number of pyridine rings is 1. The van der Waals surface area contributed by atoms with Crippen LogP contribution >= 0.6 is 0 Å². The number of piperidine rings is 1. The van der Waals surface area contributed by atoms with Gasteiger partial charge in [0.25, 0.3) is 0 Å². The number of carbonyl (C=O) groups excluding carboxylic acids is 2. The van der Waals surface area contributed by atoms with Gasteiger partial charge in [-0.15, -0.1) is 0 Å². The average molecular weight is 392 g/mol. The van der Waals surface area contributed by atoms with E-state index < -0.39 is 23.7 Å². The maximum Gasteiger partial charge on any atom is 0.408 e. The molecule has 0 aromatic carbocycles. The summed E-state index contributed by atoms with van der Waals surface area (Å²) in [6, 6.07) is 3.09. The first-order chi connectivity index (χ1) is 13.1. The van der Waals surface area contributed by atoms with E-state index in [4.69, 9.17) is 9.47 Å². The van der Waals surface area contributed by atoms with Crippen molar-refractivity contribution in [2.24, 2.45) is 0 Å². The Bertz CT molecular complexity index is 647. The van der Waals surface area contributed by atoms with E-state index in [1.807, 2.05) is 12.1 Å². The van der Waals surface area contributed by atoms with Gasteiger partial charge in [-0.25, -0.2) is 14.6 Å². The van der Waals surface area contributed by atoms with Crippen LogP contribution in [0.15, 0.2) is 18.3 Å². The summed E-state index contributed by atoms with van der Waals surface area (Å²) in [4.78, 5) is 31.4. The van der Waals surface area contributed by atoms with E-state index >= 15 is 0 Å². The summed E-state index contributed by atoms with van der Waals surface area (Å²) >= 11 is 0. The molecule has 156 valence electrons. The molecule has 1 aromatic heterocycles. The largest absolute Gasteiger partial charge is 0.461 e. The van der Waals surface area contributed by atoms with E-state index in [0.717, 1.165) is 24.5 Å². The molecule has 1 amide bonds. The highest BCUT2D eigenvalue weighted by Gasteiger charge is 2.26. The van der Waals surface area contributed by atoms with Gasteiger partial charge in [0.05, 0.1) is 6.10 Å². The third-order valence-electron chi connectivity index (χ3n) is 4.26. The van der Waals surface area contributed by atoms with Crippen molar-refractivity contribution in [3.05, 3.63) is 23.9 Å². The minimum absolute atomic E-state index is 0.268. The molecule has 0 aliphatic carbocycles. The van der Waals surface area contributed by atoms with Crippen LogP contribution in [0.4, 0.5) is 10.6 Å². The Labute approximate surface area is 167 Å². The average Bonchev–Trinajstić information content (AvgIpc) is 2.60. The molecule has 1 aromatic rings. The lowest BCUT2D eigenvalue weighted by Crippen LogP contribution is -2.46. The Balaban J connectivity index is 2.05. The molecule has 1 aliphatic heterocycles. The van der Waals surface area contributed by atoms with E-state index in [2.05, 4.69) is 15.2 Å². The zero-order valence-electron chi connectivity index (χ0n) is 17.7. The van der Waals surface area contributed by atoms with Crippen LogP contribution in [0.5, 0.6) is 0 Å². The monoisotopic (exact) mass is 391 g/mol. The van der Waals surface area contributed by atoms with E-state index in [1.165, 1.54) is 19.3 Å². The van der Waals surface area contributed by atoms with Crippen LogP contribution < -0.4 is 10.2 Å². The van der Waals surface area contributed by atoms with E-state index in [0.29, 0.717) is 0 Å². The number of nitrogens with one attached hydrogen (secondary N) is 1. The molecular formula is C21H33N3O4. The minimum Gasteiger partial charge on any atom is -0.461 e. The van der Waals surface area contributed by atoms with Crippen molar-refractivity contribution in [1.82, 2.24) is 10.3 Å². The molecule has 2 heterocycles. The number of nitrogens with zero attached hydrogens (tertiary/aromatic N) is 2. The van der Waals surface area contributed by atoms with Crippen molar-refractivity contribution in [3.8, 4) is 0 Å². The second-order valence-corrected chi connectivity index (χ2v) is 8.46. The topological polar surface area (TPSA) is 80.8 Å². The number of alkyl carbamates (subject to hydrolysis) is 1. The number of carbonyl (C=O) groups is 2. The number of rotatable bonds is 6. The summed E-state index contributed by atoms with van der Waals surface area (Å²) in [5.74, 6) is 0.464. The van der Waals surface area contributed by atoms with Gasteiger partial charge >= 0.3 is 12.1 Å². The lowest BCUT2D eigenvalue weighted by atomic mass is 10.1. The zero-order chi connectivity index (χ0) is 20.7. The van der Waals surface area contributed by atoms with Crippen LogP contribution in [0.25, 0.3) is 0 Å². The lowest BCUT2D eigenvalue weighted by molar-refractivity contribution is -0.149. The van der Waals surface area contributed by atoms with Gasteiger partial charge in [-0.1, -0.05) is 6.07 Å². The highest BCUT2D eigenvalue weighted by Crippen LogP contribution is 2.18. The van der Waals surface area contributed by atoms with E-state index in [-0.39, 0.29) is 12.5 Å². The molecule has 1 N–H and O–H groups in total. The molecule has 2 rings (SSSR count). The number of aromatic nitrogens is 1. The molecule has 0 bridgehead atoms. The van der Waals surface area contributed by atoms with E-state index in [9.17, 15) is 9.59 Å². The first kappa shape index (κ1) is 22.0. The van der Waals surface area contributed by atoms with Gasteiger partial charge in [-0.3, -0.25) is 0 Å². The van der Waals surface area contributed by atoms with Gasteiger partial charge in [0.15, 0.2) is 0 Å². The number of amides is 1. The Morgan fingerprint density at radius 2 is 1.86 bits per heavy atom. The highest BCUT2D eigenvalue weighted by molar-refractivity contribution is 5.81. The summed E-state index contributed by atoms with van der Waals surface area (Å²) in [7, 11) is 0. The van der Waals surface area contributed by atoms with Crippen LogP contribution in [-0.4, -0.2) is 47.9 Å². The van der Waals surface area contributed by atoms with Crippen LogP contribution in [0.3, 0.4) is 0 Å². The third-order valence-corrected chi connectivity index (χ3v) is 4.26. The molecule has 7 nitrogen and oxygen atoms in total. The molecule has 0 radical (unpaired) electrons. The summed E-state index contributed by atoms with van der Waals surface area (Å²) in [5, 5.41) is 2.63. The summed E-state index contributed by atoms with van der Waals surface area (Å²) in [5.41, 5.74) is 0.205. The van der Waals surface area contributed by atoms with Gasteiger partial charge in [-0.05, 0) is 65.5 Å². The predicted octanol–water partition coefficient (Wildman–Crippen LogP) is 3.46. The van der Waals surface area contributed by atoms with Crippen LogP contribution in [0.2, 0.25) is 0 Å². The predicted molar refractivity (Wildman–Crippen MR) is 108 cm³/mol. The number of esters is 1. The van der Waals surface area contributed by atoms with Crippen molar-refractivity contribution >= 4 is 17.9 Å². The van der Waals surface area contributed by atoms with Crippen molar-refractivity contribution in [2.75, 3.05) is 18.0 Å². The molecule has 7 heteroatoms. The number of hydrogen-bond acceptors (Lipinski definition) is 6. The smallest absolute Gasteiger partial charge is 0.408 e. The van der Waals surface area contributed by atoms with Crippen molar-refractivity contribution in [3.63, 3.8) is 0 Å². The van der Waals surface area contributed by atoms with Crippen LogP contribution in [-0.2, 0) is 20.7 Å². The third kappa shape index (κ3) is 7.37. The second kappa shape index (κ2) is 9.75. The Morgan fingerprint density at radius 3 is 2.39 bits per heavy atom. The summed E-state index contributed by atoms with van der Waals surface area (Å²) in [6.07, 6.45) is 4.78. The number of anilines is 1. The molecule has 0 unspecified atom stereocenters. The molecular weight excluding hydrogens is 358 g/mol. The standard InChI is InChI=1S/C21H33N3O4/c1-15(2)27-19(25)17(23-20(26)28-21(3,4)5)13-16-9-10-18(22-14-16)24-11-7-6-8-12-24/h9-10,14-15,17H,6-8,11-13H2,1-5H3,(H,23,26)/t17-/m1/s1. The maximum atomic E-state index is 12.5. The van der Waals surface area contributed by atoms with Gasteiger partial charge in [0, 0.05) is 25.7 Å². The number of hydrogen-bond donors (Lipinski definition) is 1. The first-order valence-electron chi connectivity index (χ1n) is 10.0. The zero-order valence-corrected chi connectivity index (χ0v) is 17.7. The summed E-state index contributed by atoms with van der Waals surface area (Å²) < 4.78 is 10.6. The molecule has 1 saturated heterocycles. The molecule has 1 fully saturated rings. The molecule has 1 aliphatic rings. The van der Waals surface area contributed by atoms with E-state index in [1.54, 1.807) is 40.8 Å². The normalized spacial score (nSPS) is 15.9. The number of ether oxygens (including phenoxy) is 2. The molecule has 0 saturated carbocycles. The second-order valence-electron chi connectivity index (χ2n) is 8.46.